The Bertz CT molecular complexity index is 884. The van der Waals surface area contributed by atoms with Crippen molar-refractivity contribution in [3.8, 4) is 0 Å². The molecule has 2 aliphatic heterocycles. The van der Waals surface area contributed by atoms with Crippen LogP contribution in [0.5, 0.6) is 0 Å². The fraction of sp³-hybridized carbons (Fsp3) is 0.500. The van der Waals surface area contributed by atoms with E-state index in [0.717, 1.165) is 18.2 Å². The molecular formula is C20H26N6O2. The maximum atomic E-state index is 12.7. The third-order valence-electron chi connectivity index (χ3n) is 5.90. The highest BCUT2D eigenvalue weighted by molar-refractivity contribution is 6.01. The number of carbonyl (C=O) groups excluding carboxylic acids is 2. The van der Waals surface area contributed by atoms with Crippen LogP contribution in [-0.2, 0) is 11.3 Å². The highest BCUT2D eigenvalue weighted by atomic mass is 16.2. The van der Waals surface area contributed by atoms with Crippen LogP contribution in [0.2, 0.25) is 0 Å². The molecule has 1 spiro atoms. The Balaban J connectivity index is 1.43. The summed E-state index contributed by atoms with van der Waals surface area (Å²) < 4.78 is 1.99. The van der Waals surface area contributed by atoms with E-state index in [-0.39, 0.29) is 11.8 Å². The molecule has 2 aromatic rings. The first-order chi connectivity index (χ1) is 13.5. The molecule has 0 saturated carbocycles. The highest BCUT2D eigenvalue weighted by Crippen LogP contribution is 2.35. The number of likely N-dealkylation sites (tertiary alicyclic amines) is 1. The van der Waals surface area contributed by atoms with Crippen LogP contribution in [0.1, 0.15) is 42.4 Å². The molecule has 28 heavy (non-hydrogen) atoms. The van der Waals surface area contributed by atoms with Crippen molar-refractivity contribution in [3.63, 3.8) is 0 Å². The molecule has 2 aliphatic rings. The van der Waals surface area contributed by atoms with Gasteiger partial charge in [0.25, 0.3) is 5.91 Å². The van der Waals surface area contributed by atoms with Gasteiger partial charge in [-0.1, -0.05) is 0 Å². The molecule has 2 amide bonds. The van der Waals surface area contributed by atoms with Gasteiger partial charge in [0.05, 0.1) is 5.56 Å². The van der Waals surface area contributed by atoms with E-state index in [1.165, 1.54) is 0 Å². The van der Waals surface area contributed by atoms with Gasteiger partial charge in [-0.2, -0.15) is 0 Å². The summed E-state index contributed by atoms with van der Waals surface area (Å²) in [5.41, 5.74) is 0.148. The number of imidazole rings is 1. The van der Waals surface area contributed by atoms with Gasteiger partial charge in [-0.15, -0.1) is 0 Å². The summed E-state index contributed by atoms with van der Waals surface area (Å²) in [5.74, 6) is 1.72. The first-order valence-corrected chi connectivity index (χ1v) is 9.85. The Labute approximate surface area is 164 Å². The van der Waals surface area contributed by atoms with Crippen molar-refractivity contribution in [2.75, 3.05) is 24.5 Å². The zero-order valence-corrected chi connectivity index (χ0v) is 16.4. The van der Waals surface area contributed by atoms with Gasteiger partial charge in [-0.25, -0.2) is 9.97 Å². The van der Waals surface area contributed by atoms with Crippen molar-refractivity contribution in [1.82, 2.24) is 24.8 Å². The molecule has 148 valence electrons. The summed E-state index contributed by atoms with van der Waals surface area (Å²) in [7, 11) is 0. The summed E-state index contributed by atoms with van der Waals surface area (Å²) in [4.78, 5) is 38.1. The molecule has 0 aliphatic carbocycles. The minimum absolute atomic E-state index is 0.0804. The number of anilines is 1. The van der Waals surface area contributed by atoms with E-state index in [9.17, 15) is 9.59 Å². The molecule has 8 nitrogen and oxygen atoms in total. The summed E-state index contributed by atoms with van der Waals surface area (Å²) in [5, 5.41) is 3.21. The van der Waals surface area contributed by atoms with Crippen LogP contribution in [0.3, 0.4) is 0 Å². The van der Waals surface area contributed by atoms with Crippen molar-refractivity contribution in [3.05, 3.63) is 42.1 Å². The average molecular weight is 382 g/mol. The number of carbonyl (C=O) groups is 2. The Morgan fingerprint density at radius 1 is 1.25 bits per heavy atom. The van der Waals surface area contributed by atoms with Crippen molar-refractivity contribution in [1.29, 1.82) is 0 Å². The Morgan fingerprint density at radius 2 is 2.04 bits per heavy atom. The number of aryl methyl sites for hydroxylation is 2. The smallest absolute Gasteiger partial charge is 0.256 e. The maximum absolute atomic E-state index is 12.7. The van der Waals surface area contributed by atoms with Crippen molar-refractivity contribution >= 4 is 17.6 Å². The largest absolute Gasteiger partial charge is 0.342 e. The van der Waals surface area contributed by atoms with Gasteiger partial charge in [-0.3, -0.25) is 9.59 Å². The number of nitrogens with one attached hydrogen (secondary N) is 1. The minimum atomic E-state index is -0.467. The number of nitrogens with zero attached hydrogens (tertiary/aromatic N) is 5. The fourth-order valence-electron chi connectivity index (χ4n) is 4.33. The van der Waals surface area contributed by atoms with Gasteiger partial charge >= 0.3 is 0 Å². The highest BCUT2D eigenvalue weighted by Gasteiger charge is 2.46. The van der Waals surface area contributed by atoms with Gasteiger partial charge in [0.15, 0.2) is 0 Å². The van der Waals surface area contributed by atoms with E-state index < -0.39 is 5.66 Å². The van der Waals surface area contributed by atoms with Crippen LogP contribution >= 0.6 is 0 Å². The first-order valence-electron chi connectivity index (χ1n) is 9.85. The lowest BCUT2D eigenvalue weighted by Gasteiger charge is -2.51. The predicted molar refractivity (Wildman–Crippen MR) is 105 cm³/mol. The summed E-state index contributed by atoms with van der Waals surface area (Å²) in [6, 6.07) is 3.59. The summed E-state index contributed by atoms with van der Waals surface area (Å²) >= 11 is 0. The van der Waals surface area contributed by atoms with E-state index in [2.05, 4.69) is 27.1 Å². The van der Waals surface area contributed by atoms with Crippen molar-refractivity contribution in [2.45, 2.75) is 45.3 Å². The second-order valence-electron chi connectivity index (χ2n) is 7.40. The van der Waals surface area contributed by atoms with E-state index in [1.807, 2.05) is 28.7 Å². The Kier molecular flexibility index (Phi) is 4.78. The third kappa shape index (κ3) is 3.12. The summed E-state index contributed by atoms with van der Waals surface area (Å²) in [6.07, 6.45) is 7.22. The second-order valence-corrected chi connectivity index (χ2v) is 7.40. The molecule has 8 heteroatoms. The number of rotatable bonds is 4. The van der Waals surface area contributed by atoms with Crippen LogP contribution in [-0.4, -0.2) is 56.5 Å². The van der Waals surface area contributed by atoms with Gasteiger partial charge in [0, 0.05) is 64.0 Å². The van der Waals surface area contributed by atoms with Gasteiger partial charge < -0.3 is 19.7 Å². The lowest BCUT2D eigenvalue weighted by Crippen LogP contribution is -2.68. The molecule has 4 rings (SSSR count). The van der Waals surface area contributed by atoms with Crippen molar-refractivity contribution in [2.24, 2.45) is 0 Å². The van der Waals surface area contributed by atoms with Crippen molar-refractivity contribution < 1.29 is 9.59 Å². The molecule has 1 saturated heterocycles. The molecule has 0 bridgehead atoms. The number of hydrogen-bond donors (Lipinski definition) is 1. The van der Waals surface area contributed by atoms with E-state index in [0.29, 0.717) is 44.5 Å². The third-order valence-corrected chi connectivity index (χ3v) is 5.90. The molecule has 0 unspecified atom stereocenters. The van der Waals surface area contributed by atoms with E-state index in [1.54, 1.807) is 18.5 Å². The van der Waals surface area contributed by atoms with E-state index in [4.69, 9.17) is 0 Å². The molecule has 1 fully saturated rings. The summed E-state index contributed by atoms with van der Waals surface area (Å²) in [6.45, 7) is 6.65. The number of aromatic nitrogens is 3. The molecule has 0 radical (unpaired) electrons. The quantitative estimate of drug-likeness (QED) is 0.868. The molecule has 1 N–H and O–H groups in total. The molecule has 0 aromatic carbocycles. The monoisotopic (exact) mass is 382 g/mol. The van der Waals surface area contributed by atoms with Crippen LogP contribution < -0.4 is 10.2 Å². The van der Waals surface area contributed by atoms with Gasteiger partial charge in [0.2, 0.25) is 5.91 Å². The standard InChI is InChI=1S/C20H26N6O2/c1-3-26-18-16(5-4-9-22-18)19(28)23-20(26)7-12-25(13-8-20)17(27)6-11-24-14-10-21-15(24)2/h4-5,9-10,14H,3,6-8,11-13H2,1-2H3,(H,23,28). The van der Waals surface area contributed by atoms with Crippen LogP contribution in [0.25, 0.3) is 0 Å². The number of pyridine rings is 1. The molecule has 2 aromatic heterocycles. The molecular weight excluding hydrogens is 356 g/mol. The second kappa shape index (κ2) is 7.26. The average Bonchev–Trinajstić information content (AvgIpc) is 3.12. The normalized spacial score (nSPS) is 18.1. The predicted octanol–water partition coefficient (Wildman–Crippen LogP) is 1.57. The van der Waals surface area contributed by atoms with Crippen LogP contribution in [0.4, 0.5) is 5.82 Å². The maximum Gasteiger partial charge on any atom is 0.256 e. The molecule has 4 heterocycles. The Hall–Kier alpha value is -2.90. The zero-order chi connectivity index (χ0) is 19.7. The minimum Gasteiger partial charge on any atom is -0.342 e. The van der Waals surface area contributed by atoms with Gasteiger partial charge in [0.1, 0.15) is 17.3 Å². The number of fused-ring (bicyclic) bond motifs is 1. The fourth-order valence-corrected chi connectivity index (χ4v) is 4.33. The zero-order valence-electron chi connectivity index (χ0n) is 16.4. The van der Waals surface area contributed by atoms with Crippen LogP contribution in [0, 0.1) is 6.92 Å². The van der Waals surface area contributed by atoms with Crippen LogP contribution in [0.15, 0.2) is 30.7 Å². The SMILES string of the molecule is CCN1c2ncccc2C(=O)NC12CCN(C(=O)CCn1ccnc1C)CC2. The topological polar surface area (TPSA) is 83.4 Å². The number of amides is 2. The number of piperidine rings is 1. The lowest BCUT2D eigenvalue weighted by molar-refractivity contribution is -0.133. The first kappa shape index (κ1) is 18.5. The molecule has 0 atom stereocenters. The lowest BCUT2D eigenvalue weighted by atomic mass is 9.91. The Morgan fingerprint density at radius 3 is 2.71 bits per heavy atom. The van der Waals surface area contributed by atoms with Gasteiger partial charge in [-0.05, 0) is 26.0 Å². The van der Waals surface area contributed by atoms with E-state index >= 15 is 0 Å². The number of hydrogen-bond acceptors (Lipinski definition) is 5.